The molecule has 0 saturated heterocycles. The molecule has 1 saturated carbocycles. The summed E-state index contributed by atoms with van der Waals surface area (Å²) < 4.78 is 5.34. The number of fused-ring (bicyclic) bond motifs is 1. The molecule has 3 N–H and O–H groups in total. The molecule has 1 aromatic heterocycles. The topological polar surface area (TPSA) is 71.1 Å². The lowest BCUT2D eigenvalue weighted by molar-refractivity contribution is 0.149. The number of anilines is 2. The Labute approximate surface area is 162 Å². The summed E-state index contributed by atoms with van der Waals surface area (Å²) in [5.41, 5.74) is 0.977. The minimum Gasteiger partial charge on any atom is -0.380 e. The number of hydrogen-bond donors (Lipinski definition) is 3. The van der Waals surface area contributed by atoms with Gasteiger partial charge in [-0.1, -0.05) is 31.4 Å². The molecule has 27 heavy (non-hydrogen) atoms. The average molecular weight is 372 g/mol. The minimum atomic E-state index is 0.728. The van der Waals surface area contributed by atoms with E-state index in [9.17, 15) is 0 Å². The molecule has 3 rings (SSSR count). The van der Waals surface area contributed by atoms with Gasteiger partial charge in [0.15, 0.2) is 0 Å². The van der Waals surface area contributed by atoms with Gasteiger partial charge in [-0.05, 0) is 37.8 Å². The molecule has 1 heterocycles. The van der Waals surface area contributed by atoms with Gasteiger partial charge in [0.05, 0.1) is 12.1 Å². The molecule has 0 spiro atoms. The van der Waals surface area contributed by atoms with Crippen LogP contribution in [-0.2, 0) is 4.74 Å². The van der Waals surface area contributed by atoms with E-state index in [0.29, 0.717) is 0 Å². The zero-order valence-corrected chi connectivity index (χ0v) is 16.5. The predicted molar refractivity (Wildman–Crippen MR) is 112 cm³/mol. The van der Waals surface area contributed by atoms with E-state index in [1.54, 1.807) is 0 Å². The Morgan fingerprint density at radius 2 is 1.85 bits per heavy atom. The van der Waals surface area contributed by atoms with Crippen molar-refractivity contribution in [3.05, 3.63) is 24.3 Å². The lowest BCUT2D eigenvalue weighted by Gasteiger charge is -2.22. The first kappa shape index (κ1) is 19.8. The Bertz CT molecular complexity index is 687. The van der Waals surface area contributed by atoms with Crippen molar-refractivity contribution in [3.8, 4) is 0 Å². The molecular formula is C21H33N5O. The molecule has 6 nitrogen and oxygen atoms in total. The van der Waals surface area contributed by atoms with Crippen LogP contribution in [0, 0.1) is 5.92 Å². The van der Waals surface area contributed by atoms with Gasteiger partial charge in [0.1, 0.15) is 5.82 Å². The first-order valence-electron chi connectivity index (χ1n) is 10.4. The maximum atomic E-state index is 5.34. The maximum absolute atomic E-state index is 5.34. The number of rotatable bonds is 11. The third kappa shape index (κ3) is 6.33. The standard InChI is InChI=1S/C21H33N5O/c1-2-27-15-14-22-12-13-23-20-18-10-6-7-11-19(18)25-21(26-20)24-16-17-8-4-3-5-9-17/h6-7,10-11,17,22H,2-5,8-9,12-16H2,1H3,(H2,23,24,25,26). The SMILES string of the molecule is CCOCCNCCNc1nc(NCC2CCCCC2)nc2ccccc12. The second-order valence-electron chi connectivity index (χ2n) is 7.17. The molecule has 6 heteroatoms. The van der Waals surface area contributed by atoms with E-state index in [1.807, 2.05) is 25.1 Å². The highest BCUT2D eigenvalue weighted by molar-refractivity contribution is 5.90. The van der Waals surface area contributed by atoms with Gasteiger partial charge >= 0.3 is 0 Å². The third-order valence-electron chi connectivity index (χ3n) is 5.10. The summed E-state index contributed by atoms with van der Waals surface area (Å²) >= 11 is 0. The fourth-order valence-electron chi connectivity index (χ4n) is 3.60. The van der Waals surface area contributed by atoms with E-state index >= 15 is 0 Å². The van der Waals surface area contributed by atoms with Crippen molar-refractivity contribution >= 4 is 22.7 Å². The predicted octanol–water partition coefficient (Wildman–Crippen LogP) is 3.66. The van der Waals surface area contributed by atoms with Crippen LogP contribution in [0.5, 0.6) is 0 Å². The first-order chi connectivity index (χ1) is 13.4. The molecule has 1 fully saturated rings. The highest BCUT2D eigenvalue weighted by Gasteiger charge is 2.14. The second-order valence-corrected chi connectivity index (χ2v) is 7.17. The summed E-state index contributed by atoms with van der Waals surface area (Å²) in [4.78, 5) is 9.45. The van der Waals surface area contributed by atoms with Crippen LogP contribution in [0.25, 0.3) is 10.9 Å². The lowest BCUT2D eigenvalue weighted by Crippen LogP contribution is -2.26. The number of hydrogen-bond acceptors (Lipinski definition) is 6. The minimum absolute atomic E-state index is 0.728. The van der Waals surface area contributed by atoms with Gasteiger partial charge in [-0.2, -0.15) is 4.98 Å². The zero-order valence-electron chi connectivity index (χ0n) is 16.5. The molecule has 148 valence electrons. The number of nitrogens with zero attached hydrogens (tertiary/aromatic N) is 2. The molecule has 2 aromatic rings. The Morgan fingerprint density at radius 1 is 1.00 bits per heavy atom. The molecule has 1 aliphatic rings. The van der Waals surface area contributed by atoms with E-state index in [1.165, 1.54) is 32.1 Å². The van der Waals surface area contributed by atoms with Crippen LogP contribution in [0.3, 0.4) is 0 Å². The third-order valence-corrected chi connectivity index (χ3v) is 5.10. The molecule has 0 amide bonds. The fourth-order valence-corrected chi connectivity index (χ4v) is 3.60. The molecule has 0 atom stereocenters. The van der Waals surface area contributed by atoms with Gasteiger partial charge in [-0.3, -0.25) is 0 Å². The second kappa shape index (κ2) is 11.0. The number of ether oxygens (including phenoxy) is 1. The Hall–Kier alpha value is -1.92. The number of aromatic nitrogens is 2. The van der Waals surface area contributed by atoms with Crippen LogP contribution in [0.15, 0.2) is 24.3 Å². The smallest absolute Gasteiger partial charge is 0.225 e. The van der Waals surface area contributed by atoms with Crippen LogP contribution in [-0.4, -0.2) is 49.4 Å². The summed E-state index contributed by atoms with van der Waals surface area (Å²) in [7, 11) is 0. The Morgan fingerprint density at radius 3 is 2.70 bits per heavy atom. The molecule has 0 aliphatic heterocycles. The van der Waals surface area contributed by atoms with Gasteiger partial charge in [-0.15, -0.1) is 0 Å². The summed E-state index contributed by atoms with van der Waals surface area (Å²) in [6.07, 6.45) is 6.73. The normalized spacial score (nSPS) is 15.1. The van der Waals surface area contributed by atoms with Crippen molar-refractivity contribution < 1.29 is 4.74 Å². The molecule has 0 radical (unpaired) electrons. The summed E-state index contributed by atoms with van der Waals surface area (Å²) in [5.74, 6) is 2.38. The van der Waals surface area contributed by atoms with Gasteiger partial charge in [0.2, 0.25) is 5.95 Å². The number of nitrogens with one attached hydrogen (secondary N) is 3. The molecule has 1 aliphatic carbocycles. The van der Waals surface area contributed by atoms with E-state index in [0.717, 1.165) is 68.0 Å². The largest absolute Gasteiger partial charge is 0.380 e. The summed E-state index contributed by atoms with van der Waals surface area (Å²) in [5, 5.41) is 11.4. The highest BCUT2D eigenvalue weighted by atomic mass is 16.5. The summed E-state index contributed by atoms with van der Waals surface area (Å²) in [6.45, 7) is 7.06. The van der Waals surface area contributed by atoms with Crippen LogP contribution in [0.2, 0.25) is 0 Å². The van der Waals surface area contributed by atoms with Crippen LogP contribution in [0.4, 0.5) is 11.8 Å². The number of para-hydroxylation sites is 1. The van der Waals surface area contributed by atoms with E-state index in [-0.39, 0.29) is 0 Å². The van der Waals surface area contributed by atoms with Crippen molar-refractivity contribution in [1.82, 2.24) is 15.3 Å². The van der Waals surface area contributed by atoms with Crippen molar-refractivity contribution in [2.75, 3.05) is 50.0 Å². The van der Waals surface area contributed by atoms with E-state index < -0.39 is 0 Å². The van der Waals surface area contributed by atoms with Crippen molar-refractivity contribution in [2.24, 2.45) is 5.92 Å². The number of benzene rings is 1. The lowest BCUT2D eigenvalue weighted by atomic mass is 9.89. The van der Waals surface area contributed by atoms with Gasteiger partial charge in [0, 0.05) is 38.2 Å². The highest BCUT2D eigenvalue weighted by Crippen LogP contribution is 2.25. The van der Waals surface area contributed by atoms with Gasteiger partial charge in [0.25, 0.3) is 0 Å². The molecule has 0 unspecified atom stereocenters. The molecule has 0 bridgehead atoms. The van der Waals surface area contributed by atoms with Crippen LogP contribution >= 0.6 is 0 Å². The molecule has 1 aromatic carbocycles. The van der Waals surface area contributed by atoms with Crippen molar-refractivity contribution in [2.45, 2.75) is 39.0 Å². The van der Waals surface area contributed by atoms with E-state index in [2.05, 4.69) is 22.0 Å². The average Bonchev–Trinajstić information content (AvgIpc) is 2.72. The quantitative estimate of drug-likeness (QED) is 0.524. The van der Waals surface area contributed by atoms with Crippen molar-refractivity contribution in [1.29, 1.82) is 0 Å². The Balaban J connectivity index is 1.57. The van der Waals surface area contributed by atoms with Gasteiger partial charge in [-0.25, -0.2) is 4.98 Å². The monoisotopic (exact) mass is 371 g/mol. The van der Waals surface area contributed by atoms with Gasteiger partial charge < -0.3 is 20.7 Å². The molecular weight excluding hydrogens is 338 g/mol. The summed E-state index contributed by atoms with van der Waals surface area (Å²) in [6, 6.07) is 8.19. The first-order valence-corrected chi connectivity index (χ1v) is 10.4. The fraction of sp³-hybridized carbons (Fsp3) is 0.619. The zero-order chi connectivity index (χ0) is 18.7. The Kier molecular flexibility index (Phi) is 8.11. The van der Waals surface area contributed by atoms with E-state index in [4.69, 9.17) is 14.7 Å². The maximum Gasteiger partial charge on any atom is 0.225 e. The van der Waals surface area contributed by atoms with Crippen LogP contribution in [0.1, 0.15) is 39.0 Å². The van der Waals surface area contributed by atoms with Crippen LogP contribution < -0.4 is 16.0 Å². The van der Waals surface area contributed by atoms with Crippen molar-refractivity contribution in [3.63, 3.8) is 0 Å².